The third-order valence-electron chi connectivity index (χ3n) is 6.92. The van der Waals surface area contributed by atoms with E-state index in [1.165, 1.54) is 6.07 Å². The Morgan fingerprint density at radius 3 is 2.45 bits per heavy atom. The smallest absolute Gasteiger partial charge is 0.329 e. The number of carbonyl (C=O) groups is 1. The van der Waals surface area contributed by atoms with Crippen LogP contribution in [0.25, 0.3) is 16.8 Å². The first-order valence-electron chi connectivity index (χ1n) is 13.4. The summed E-state index contributed by atoms with van der Waals surface area (Å²) in [6.45, 7) is 5.78. The van der Waals surface area contributed by atoms with Gasteiger partial charge in [0.2, 0.25) is 0 Å². The van der Waals surface area contributed by atoms with Crippen molar-refractivity contribution in [2.45, 2.75) is 43.2 Å². The number of amides is 2. The van der Waals surface area contributed by atoms with Crippen LogP contribution >= 0.6 is 0 Å². The van der Waals surface area contributed by atoms with E-state index in [1.807, 2.05) is 30.3 Å². The predicted octanol–water partition coefficient (Wildman–Crippen LogP) is 6.03. The largest absolute Gasteiger partial charge is 0.382 e. The lowest BCUT2D eigenvalue weighted by molar-refractivity contribution is 0.242. The number of benzene rings is 3. The van der Waals surface area contributed by atoms with Gasteiger partial charge in [-0.1, -0.05) is 49.0 Å². The van der Waals surface area contributed by atoms with E-state index in [9.17, 15) is 22.0 Å². The fourth-order valence-corrected chi connectivity index (χ4v) is 5.94. The van der Waals surface area contributed by atoms with E-state index in [1.54, 1.807) is 37.4 Å². The van der Waals surface area contributed by atoms with Crippen molar-refractivity contribution < 1.29 is 22.0 Å². The Labute approximate surface area is 243 Å². The molecule has 0 saturated heterocycles. The van der Waals surface area contributed by atoms with Crippen molar-refractivity contribution in [2.24, 2.45) is 0 Å². The molecule has 3 aromatic carbocycles. The van der Waals surface area contributed by atoms with Crippen LogP contribution in [0.15, 0.2) is 96.5 Å². The molecule has 3 N–H and O–H groups in total. The molecule has 2 amide bonds. The Morgan fingerprint density at radius 2 is 1.74 bits per heavy atom. The van der Waals surface area contributed by atoms with Crippen molar-refractivity contribution in [1.29, 1.82) is 0 Å². The van der Waals surface area contributed by atoms with Crippen molar-refractivity contribution in [2.75, 3.05) is 0 Å². The first-order valence-corrected chi connectivity index (χ1v) is 14.9. The number of nitrogens with zero attached hydrogens (tertiary/aromatic N) is 1. The number of halogens is 2. The van der Waals surface area contributed by atoms with Crippen LogP contribution < -0.4 is 15.4 Å². The Kier molecular flexibility index (Phi) is 8.35. The van der Waals surface area contributed by atoms with Crippen molar-refractivity contribution in [3.63, 3.8) is 0 Å². The van der Waals surface area contributed by atoms with E-state index in [0.29, 0.717) is 22.9 Å². The van der Waals surface area contributed by atoms with Crippen LogP contribution in [0.1, 0.15) is 41.3 Å². The van der Waals surface area contributed by atoms with Crippen molar-refractivity contribution in [1.82, 2.24) is 20.3 Å². The van der Waals surface area contributed by atoms with E-state index in [-0.39, 0.29) is 16.9 Å². The zero-order valence-corrected chi connectivity index (χ0v) is 23.7. The summed E-state index contributed by atoms with van der Waals surface area (Å²) in [6.07, 6.45) is 3.67. The minimum Gasteiger partial charge on any atom is -0.382 e. The molecule has 42 heavy (non-hydrogen) atoms. The molecule has 0 unspecified atom stereocenters. The molecular formula is C32H30F2N4O3S. The maximum atomic E-state index is 14.1. The number of carbonyl (C=O) groups excluding carboxylic acids is 1. The van der Waals surface area contributed by atoms with Gasteiger partial charge in [0.1, 0.15) is 11.6 Å². The molecule has 1 fully saturated rings. The lowest BCUT2D eigenvalue weighted by Crippen LogP contribution is -2.42. The molecule has 1 aliphatic carbocycles. The third kappa shape index (κ3) is 7.01. The predicted molar refractivity (Wildman–Crippen MR) is 158 cm³/mol. The molecule has 7 nitrogen and oxygen atoms in total. The van der Waals surface area contributed by atoms with Gasteiger partial charge in [-0.25, -0.2) is 26.7 Å². The number of hydrogen-bond donors (Lipinski definition) is 3. The molecule has 216 valence electrons. The number of pyridine rings is 1. The molecule has 5 rings (SSSR count). The van der Waals surface area contributed by atoms with Gasteiger partial charge in [-0.2, -0.15) is 0 Å². The highest BCUT2D eigenvalue weighted by atomic mass is 32.2. The molecule has 0 radical (unpaired) electrons. The summed E-state index contributed by atoms with van der Waals surface area (Å²) in [5.74, 6) is -1.54. The lowest BCUT2D eigenvalue weighted by atomic mass is 9.94. The van der Waals surface area contributed by atoms with Gasteiger partial charge in [0.15, 0.2) is 0 Å². The second kappa shape index (κ2) is 12.1. The Hall–Kier alpha value is -4.57. The standard InChI is InChI=1S/C32H30F2N4O3S/c1-20-7-3-4-11-30(20)42(40,41)38-32(39)37-29(17-22-15-25(33)19-26(34)16-22)31-28(10-6-14-35-31)24-9-5-8-23(18-24)21(2)36-27-12-13-27/h3-11,14-16,18-19,27,29,36H,2,12-13,17H2,1H3,(H2,37,38,39)/t29-/m0/s1. The zero-order chi connectivity index (χ0) is 29.9. The number of rotatable bonds is 10. The van der Waals surface area contributed by atoms with Gasteiger partial charge in [0.25, 0.3) is 10.0 Å². The topological polar surface area (TPSA) is 100 Å². The highest BCUT2D eigenvalue weighted by Crippen LogP contribution is 2.31. The average molecular weight is 589 g/mol. The van der Waals surface area contributed by atoms with Crippen LogP contribution in [0.4, 0.5) is 13.6 Å². The number of urea groups is 1. The van der Waals surface area contributed by atoms with Gasteiger partial charge in [-0.05, 0) is 78.8 Å². The SMILES string of the molecule is C=C(NC1CC1)c1cccc(-c2cccnc2[C@H](Cc2cc(F)cc(F)c2)NC(=O)NS(=O)(=O)c2ccccc2C)c1. The fourth-order valence-electron chi connectivity index (χ4n) is 4.77. The summed E-state index contributed by atoms with van der Waals surface area (Å²) < 4.78 is 56.3. The summed E-state index contributed by atoms with van der Waals surface area (Å²) in [5.41, 5.74) is 4.22. The monoisotopic (exact) mass is 588 g/mol. The summed E-state index contributed by atoms with van der Waals surface area (Å²) in [5, 5.41) is 6.07. The molecule has 1 saturated carbocycles. The van der Waals surface area contributed by atoms with Crippen LogP contribution in [0.2, 0.25) is 0 Å². The molecule has 0 aliphatic heterocycles. The Bertz CT molecular complexity index is 1740. The van der Waals surface area contributed by atoms with E-state index in [2.05, 4.69) is 26.9 Å². The van der Waals surface area contributed by atoms with Crippen molar-refractivity contribution >= 4 is 21.8 Å². The highest BCUT2D eigenvalue weighted by molar-refractivity contribution is 7.90. The van der Waals surface area contributed by atoms with Crippen LogP contribution in [0.5, 0.6) is 0 Å². The minimum atomic E-state index is -4.21. The van der Waals surface area contributed by atoms with Gasteiger partial charge in [-0.15, -0.1) is 0 Å². The van der Waals surface area contributed by atoms with E-state index < -0.39 is 33.7 Å². The second-order valence-corrected chi connectivity index (χ2v) is 11.9. The molecule has 1 heterocycles. The Morgan fingerprint density at radius 1 is 1.00 bits per heavy atom. The van der Waals surface area contributed by atoms with Crippen molar-refractivity contribution in [3.8, 4) is 11.1 Å². The minimum absolute atomic E-state index is 0.0423. The van der Waals surface area contributed by atoms with Crippen LogP contribution in [-0.4, -0.2) is 25.5 Å². The van der Waals surface area contributed by atoms with Crippen LogP contribution in [-0.2, 0) is 16.4 Å². The van der Waals surface area contributed by atoms with E-state index in [4.69, 9.17) is 0 Å². The summed E-state index contributed by atoms with van der Waals surface area (Å²) >= 11 is 0. The molecule has 1 atom stereocenters. The maximum Gasteiger partial charge on any atom is 0.329 e. The second-order valence-electron chi connectivity index (χ2n) is 10.3. The van der Waals surface area contributed by atoms with E-state index in [0.717, 1.165) is 47.9 Å². The molecular weight excluding hydrogens is 558 g/mol. The fraction of sp³-hybridized carbons (Fsp3) is 0.188. The van der Waals surface area contributed by atoms with Gasteiger partial charge in [0.05, 0.1) is 16.6 Å². The summed E-state index contributed by atoms with van der Waals surface area (Å²) in [4.78, 5) is 17.6. The van der Waals surface area contributed by atoms with Gasteiger partial charge >= 0.3 is 6.03 Å². The number of aromatic nitrogens is 1. The quantitative estimate of drug-likeness (QED) is 0.210. The zero-order valence-electron chi connectivity index (χ0n) is 22.9. The summed E-state index contributed by atoms with van der Waals surface area (Å²) in [6, 6.07) is 19.0. The molecule has 10 heteroatoms. The number of hydrogen-bond acceptors (Lipinski definition) is 5. The van der Waals surface area contributed by atoms with Crippen molar-refractivity contribution in [3.05, 3.63) is 126 Å². The first kappa shape index (κ1) is 28.9. The molecule has 1 aromatic heterocycles. The molecule has 4 aromatic rings. The van der Waals surface area contributed by atoms with E-state index >= 15 is 0 Å². The molecule has 0 bridgehead atoms. The lowest BCUT2D eigenvalue weighted by Gasteiger charge is -2.22. The molecule has 0 spiro atoms. The molecule has 1 aliphatic rings. The van der Waals surface area contributed by atoms with Gasteiger partial charge in [0, 0.05) is 29.6 Å². The number of nitrogens with one attached hydrogen (secondary N) is 3. The van der Waals surface area contributed by atoms with Crippen LogP contribution in [0, 0.1) is 18.6 Å². The number of aryl methyl sites for hydroxylation is 1. The van der Waals surface area contributed by atoms with Crippen LogP contribution in [0.3, 0.4) is 0 Å². The van der Waals surface area contributed by atoms with Gasteiger partial charge < -0.3 is 10.6 Å². The number of sulfonamides is 1. The van der Waals surface area contributed by atoms with Gasteiger partial charge in [-0.3, -0.25) is 4.98 Å². The average Bonchev–Trinajstić information content (AvgIpc) is 3.76. The maximum absolute atomic E-state index is 14.1. The highest BCUT2D eigenvalue weighted by Gasteiger charge is 2.26. The summed E-state index contributed by atoms with van der Waals surface area (Å²) in [7, 11) is -4.21. The third-order valence-corrected chi connectivity index (χ3v) is 8.42. The first-order chi connectivity index (χ1) is 20.1. The Balaban J connectivity index is 1.49. The normalized spacial score (nSPS) is 13.7.